The van der Waals surface area contributed by atoms with Gasteiger partial charge >= 0.3 is 0 Å². The summed E-state index contributed by atoms with van der Waals surface area (Å²) in [5, 5.41) is 20.7. The molecule has 0 aliphatic carbocycles. The molecule has 7 N–H and O–H groups in total. The first kappa shape index (κ1) is 9.65. The molecule has 1 heterocycles. The zero-order valence-corrected chi connectivity index (χ0v) is 8.86. The molecule has 86 valence electrons. The van der Waals surface area contributed by atoms with Crippen LogP contribution in [0.2, 0.25) is 0 Å². The summed E-state index contributed by atoms with van der Waals surface area (Å²) in [5.74, 6) is -0.0222. The van der Waals surface area contributed by atoms with E-state index in [1.807, 2.05) is 0 Å². The van der Waals surface area contributed by atoms with Crippen molar-refractivity contribution in [2.45, 2.75) is 0 Å². The number of rotatable bonds is 0. The lowest BCUT2D eigenvalue weighted by molar-refractivity contribution is 0.454. The highest BCUT2D eigenvalue weighted by atomic mass is 16.3. The van der Waals surface area contributed by atoms with E-state index in [4.69, 9.17) is 11.5 Å². The topological polar surface area (TPSA) is 108 Å². The number of benzene rings is 2. The summed E-state index contributed by atoms with van der Waals surface area (Å²) in [4.78, 5) is 3.03. The molecule has 0 amide bonds. The van der Waals surface area contributed by atoms with Crippen molar-refractivity contribution in [3.63, 3.8) is 0 Å². The first-order chi connectivity index (χ1) is 8.06. The minimum atomic E-state index is -0.0193. The van der Waals surface area contributed by atoms with Gasteiger partial charge in [-0.3, -0.25) is 0 Å². The minimum Gasteiger partial charge on any atom is -0.508 e. The molecule has 0 radical (unpaired) electrons. The van der Waals surface area contributed by atoms with Gasteiger partial charge in [0.25, 0.3) is 0 Å². The summed E-state index contributed by atoms with van der Waals surface area (Å²) >= 11 is 0. The van der Waals surface area contributed by atoms with Crippen molar-refractivity contribution >= 4 is 33.2 Å². The SMILES string of the molecule is Nc1cc(N)c2[nH]c3c(O)cc(O)cc3c2c1. The Hall–Kier alpha value is -2.56. The number of H-pyrrole nitrogens is 1. The second kappa shape index (κ2) is 2.98. The molecule has 0 fully saturated rings. The van der Waals surface area contributed by atoms with Crippen LogP contribution in [0.4, 0.5) is 11.4 Å². The molecule has 0 spiro atoms. The van der Waals surface area contributed by atoms with E-state index in [0.717, 1.165) is 5.39 Å². The number of nitrogen functional groups attached to an aromatic ring is 2. The lowest BCUT2D eigenvalue weighted by Gasteiger charge is -1.99. The Morgan fingerprint density at radius 2 is 1.59 bits per heavy atom. The van der Waals surface area contributed by atoms with E-state index in [0.29, 0.717) is 27.8 Å². The van der Waals surface area contributed by atoms with Gasteiger partial charge in [-0.2, -0.15) is 0 Å². The van der Waals surface area contributed by atoms with E-state index in [2.05, 4.69) is 4.98 Å². The summed E-state index contributed by atoms with van der Waals surface area (Å²) < 4.78 is 0. The smallest absolute Gasteiger partial charge is 0.143 e. The molecule has 0 unspecified atom stereocenters. The van der Waals surface area contributed by atoms with Crippen LogP contribution < -0.4 is 11.5 Å². The highest BCUT2D eigenvalue weighted by Gasteiger charge is 2.11. The van der Waals surface area contributed by atoms with Crippen LogP contribution in [0.3, 0.4) is 0 Å². The Kier molecular flexibility index (Phi) is 1.69. The highest BCUT2D eigenvalue weighted by molar-refractivity contribution is 6.13. The molecule has 3 rings (SSSR count). The molecule has 3 aromatic rings. The summed E-state index contributed by atoms with van der Waals surface area (Å²) in [5.41, 5.74) is 13.9. The van der Waals surface area contributed by atoms with Gasteiger partial charge in [-0.15, -0.1) is 0 Å². The predicted octanol–water partition coefficient (Wildman–Crippen LogP) is 1.90. The van der Waals surface area contributed by atoms with Gasteiger partial charge < -0.3 is 26.7 Å². The Morgan fingerprint density at radius 1 is 0.882 bits per heavy atom. The van der Waals surface area contributed by atoms with Crippen LogP contribution in [0.15, 0.2) is 24.3 Å². The fraction of sp³-hybridized carbons (Fsp3) is 0. The van der Waals surface area contributed by atoms with Gasteiger partial charge in [-0.25, -0.2) is 0 Å². The number of nitrogens with two attached hydrogens (primary N) is 2. The number of fused-ring (bicyclic) bond motifs is 3. The molecule has 0 saturated heterocycles. The number of phenolic OH excluding ortho intramolecular Hbond substituents is 2. The molecule has 0 atom stereocenters. The van der Waals surface area contributed by atoms with Crippen molar-refractivity contribution in [1.29, 1.82) is 0 Å². The molecular weight excluding hydrogens is 218 g/mol. The van der Waals surface area contributed by atoms with Crippen LogP contribution in [-0.2, 0) is 0 Å². The average molecular weight is 229 g/mol. The number of aromatic amines is 1. The van der Waals surface area contributed by atoms with Crippen molar-refractivity contribution in [2.75, 3.05) is 11.5 Å². The second-order valence-electron chi connectivity index (χ2n) is 4.05. The Morgan fingerprint density at radius 3 is 2.35 bits per heavy atom. The molecule has 0 aliphatic rings. The maximum Gasteiger partial charge on any atom is 0.143 e. The minimum absolute atomic E-state index is 0.00287. The third-order valence-corrected chi connectivity index (χ3v) is 2.83. The van der Waals surface area contributed by atoms with Gasteiger partial charge in [0, 0.05) is 22.5 Å². The van der Waals surface area contributed by atoms with Gasteiger partial charge in [0.1, 0.15) is 11.5 Å². The number of aromatic hydroxyl groups is 2. The standard InChI is InChI=1S/C12H11N3O2/c13-5-1-7-8-3-6(16)4-10(17)12(8)15-11(7)9(14)2-5/h1-4,15-17H,13-14H2. The van der Waals surface area contributed by atoms with Crippen molar-refractivity contribution in [1.82, 2.24) is 4.98 Å². The van der Waals surface area contributed by atoms with Crippen molar-refractivity contribution in [3.8, 4) is 11.5 Å². The largest absolute Gasteiger partial charge is 0.508 e. The van der Waals surface area contributed by atoms with E-state index in [9.17, 15) is 10.2 Å². The summed E-state index contributed by atoms with van der Waals surface area (Å²) in [7, 11) is 0. The number of nitrogens with one attached hydrogen (secondary N) is 1. The molecule has 0 saturated carbocycles. The molecule has 5 heteroatoms. The molecular formula is C12H11N3O2. The Balaban J connectivity index is 2.60. The maximum atomic E-state index is 9.75. The molecule has 0 aliphatic heterocycles. The average Bonchev–Trinajstić information content (AvgIpc) is 2.58. The van der Waals surface area contributed by atoms with Gasteiger partial charge in [0.15, 0.2) is 0 Å². The Labute approximate surface area is 96.3 Å². The number of anilines is 2. The summed E-state index contributed by atoms with van der Waals surface area (Å²) in [6.45, 7) is 0. The number of hydrogen-bond donors (Lipinski definition) is 5. The van der Waals surface area contributed by atoms with Crippen LogP contribution in [-0.4, -0.2) is 15.2 Å². The number of hydrogen-bond acceptors (Lipinski definition) is 4. The Bertz CT molecular complexity index is 684. The van der Waals surface area contributed by atoms with E-state index in [1.165, 1.54) is 6.07 Å². The van der Waals surface area contributed by atoms with E-state index >= 15 is 0 Å². The zero-order valence-electron chi connectivity index (χ0n) is 8.86. The highest BCUT2D eigenvalue weighted by Crippen LogP contribution is 2.37. The number of aromatic nitrogens is 1. The first-order valence-corrected chi connectivity index (χ1v) is 5.08. The quantitative estimate of drug-likeness (QED) is 0.379. The number of phenols is 2. The maximum absolute atomic E-state index is 9.75. The monoisotopic (exact) mass is 229 g/mol. The molecule has 17 heavy (non-hydrogen) atoms. The normalized spacial score (nSPS) is 11.3. The van der Waals surface area contributed by atoms with Crippen LogP contribution in [0.1, 0.15) is 0 Å². The lowest BCUT2D eigenvalue weighted by atomic mass is 10.1. The van der Waals surface area contributed by atoms with Crippen molar-refractivity contribution < 1.29 is 10.2 Å². The second-order valence-corrected chi connectivity index (χ2v) is 4.05. The fourth-order valence-electron chi connectivity index (χ4n) is 2.12. The van der Waals surface area contributed by atoms with E-state index < -0.39 is 0 Å². The van der Waals surface area contributed by atoms with Crippen molar-refractivity contribution in [2.24, 2.45) is 0 Å². The molecule has 2 aromatic carbocycles. The predicted molar refractivity (Wildman–Crippen MR) is 68.0 cm³/mol. The summed E-state index contributed by atoms with van der Waals surface area (Å²) in [6, 6.07) is 6.24. The van der Waals surface area contributed by atoms with Crippen molar-refractivity contribution in [3.05, 3.63) is 24.3 Å². The zero-order chi connectivity index (χ0) is 12.2. The van der Waals surface area contributed by atoms with Crippen LogP contribution >= 0.6 is 0 Å². The van der Waals surface area contributed by atoms with Gasteiger partial charge in [-0.05, 0) is 18.2 Å². The molecule has 0 bridgehead atoms. The fourth-order valence-corrected chi connectivity index (χ4v) is 2.12. The van der Waals surface area contributed by atoms with E-state index in [-0.39, 0.29) is 11.5 Å². The van der Waals surface area contributed by atoms with Gasteiger partial charge in [0.2, 0.25) is 0 Å². The first-order valence-electron chi connectivity index (χ1n) is 5.08. The van der Waals surface area contributed by atoms with Crippen LogP contribution in [0.25, 0.3) is 21.8 Å². The van der Waals surface area contributed by atoms with Crippen LogP contribution in [0.5, 0.6) is 11.5 Å². The van der Waals surface area contributed by atoms with Gasteiger partial charge in [-0.1, -0.05) is 0 Å². The van der Waals surface area contributed by atoms with Crippen LogP contribution in [0, 0.1) is 0 Å². The van der Waals surface area contributed by atoms with E-state index in [1.54, 1.807) is 18.2 Å². The third-order valence-electron chi connectivity index (χ3n) is 2.83. The molecule has 1 aromatic heterocycles. The summed E-state index contributed by atoms with van der Waals surface area (Å²) in [6.07, 6.45) is 0. The third kappa shape index (κ3) is 1.25. The molecule has 5 nitrogen and oxygen atoms in total. The lowest BCUT2D eigenvalue weighted by Crippen LogP contribution is -1.90. The van der Waals surface area contributed by atoms with Gasteiger partial charge in [0.05, 0.1) is 16.7 Å².